The Kier molecular flexibility index (Phi) is 5.58. The van der Waals surface area contributed by atoms with Crippen LogP contribution in [0.25, 0.3) is 0 Å². The first-order chi connectivity index (χ1) is 12.5. The summed E-state index contributed by atoms with van der Waals surface area (Å²) in [7, 11) is 0. The van der Waals surface area contributed by atoms with Crippen molar-refractivity contribution in [3.05, 3.63) is 17.0 Å². The minimum atomic E-state index is -0.438. The van der Waals surface area contributed by atoms with Gasteiger partial charge in [-0.1, -0.05) is 5.16 Å². The van der Waals surface area contributed by atoms with Gasteiger partial charge < -0.3 is 19.2 Å². The molecular formula is C18H26N4O4. The van der Waals surface area contributed by atoms with Gasteiger partial charge >= 0.3 is 11.8 Å². The van der Waals surface area contributed by atoms with Gasteiger partial charge in [0.15, 0.2) is 0 Å². The number of likely N-dealkylation sites (tertiary alicyclic amines) is 1. The van der Waals surface area contributed by atoms with E-state index in [1.807, 2.05) is 6.92 Å². The van der Waals surface area contributed by atoms with Crippen LogP contribution in [0.4, 0.5) is 0 Å². The Balaban J connectivity index is 1.56. The molecule has 2 fully saturated rings. The second-order valence-electron chi connectivity index (χ2n) is 7.01. The van der Waals surface area contributed by atoms with Crippen LogP contribution in [0.3, 0.4) is 0 Å². The summed E-state index contributed by atoms with van der Waals surface area (Å²) in [5, 5.41) is 3.88. The van der Waals surface area contributed by atoms with Crippen molar-refractivity contribution in [3.63, 3.8) is 0 Å². The molecule has 0 N–H and O–H groups in total. The van der Waals surface area contributed by atoms with Crippen molar-refractivity contribution in [2.45, 2.75) is 39.5 Å². The summed E-state index contributed by atoms with van der Waals surface area (Å²) < 4.78 is 5.12. The molecule has 3 rings (SSSR count). The fraction of sp³-hybridized carbons (Fsp3) is 0.667. The highest BCUT2D eigenvalue weighted by Crippen LogP contribution is 2.15. The van der Waals surface area contributed by atoms with Gasteiger partial charge in [-0.25, -0.2) is 0 Å². The molecule has 8 nitrogen and oxygen atoms in total. The van der Waals surface area contributed by atoms with E-state index in [0.717, 1.165) is 24.1 Å². The highest BCUT2D eigenvalue weighted by molar-refractivity contribution is 6.34. The van der Waals surface area contributed by atoms with E-state index in [1.165, 1.54) is 0 Å². The molecule has 0 aromatic carbocycles. The van der Waals surface area contributed by atoms with E-state index in [-0.39, 0.29) is 12.3 Å². The smallest absolute Gasteiger partial charge is 0.312 e. The normalized spacial score (nSPS) is 18.2. The Labute approximate surface area is 153 Å². The summed E-state index contributed by atoms with van der Waals surface area (Å²) in [5.74, 6) is -0.178. The number of nitrogens with zero attached hydrogens (tertiary/aromatic N) is 4. The molecule has 142 valence electrons. The zero-order chi connectivity index (χ0) is 18.7. The number of aromatic nitrogens is 1. The SMILES string of the molecule is Cc1noc(C)c1CC(=O)N1CCCN(C(=O)C(=O)N2CCCC2)CC1. The largest absolute Gasteiger partial charge is 0.361 e. The summed E-state index contributed by atoms with van der Waals surface area (Å²) in [6, 6.07) is 0. The van der Waals surface area contributed by atoms with E-state index in [4.69, 9.17) is 4.52 Å². The van der Waals surface area contributed by atoms with Gasteiger partial charge in [-0.3, -0.25) is 14.4 Å². The number of amides is 3. The predicted octanol–water partition coefficient (Wildman–Crippen LogP) is 0.517. The van der Waals surface area contributed by atoms with E-state index in [2.05, 4.69) is 5.16 Å². The molecular weight excluding hydrogens is 336 g/mol. The molecule has 8 heteroatoms. The van der Waals surface area contributed by atoms with E-state index < -0.39 is 11.8 Å². The number of hydrogen-bond acceptors (Lipinski definition) is 5. The highest BCUT2D eigenvalue weighted by Gasteiger charge is 2.30. The molecule has 26 heavy (non-hydrogen) atoms. The molecule has 0 radical (unpaired) electrons. The minimum absolute atomic E-state index is 0.000400. The molecule has 1 aromatic heterocycles. The van der Waals surface area contributed by atoms with Crippen molar-refractivity contribution in [1.82, 2.24) is 19.9 Å². The van der Waals surface area contributed by atoms with Crippen molar-refractivity contribution in [1.29, 1.82) is 0 Å². The second-order valence-corrected chi connectivity index (χ2v) is 7.01. The molecule has 0 unspecified atom stereocenters. The van der Waals surface area contributed by atoms with Gasteiger partial charge in [-0.2, -0.15) is 0 Å². The van der Waals surface area contributed by atoms with Gasteiger partial charge in [0.1, 0.15) is 5.76 Å². The number of carbonyl (C=O) groups excluding carboxylic acids is 3. The van der Waals surface area contributed by atoms with Crippen LogP contribution in [0.1, 0.15) is 36.3 Å². The highest BCUT2D eigenvalue weighted by atomic mass is 16.5. The lowest BCUT2D eigenvalue weighted by Crippen LogP contribution is -2.45. The first-order valence-electron chi connectivity index (χ1n) is 9.25. The number of carbonyl (C=O) groups is 3. The molecule has 0 aliphatic carbocycles. The average molecular weight is 362 g/mol. The van der Waals surface area contributed by atoms with Crippen molar-refractivity contribution in [3.8, 4) is 0 Å². The van der Waals surface area contributed by atoms with Crippen molar-refractivity contribution >= 4 is 17.7 Å². The Hall–Kier alpha value is -2.38. The lowest BCUT2D eigenvalue weighted by Gasteiger charge is -2.23. The summed E-state index contributed by atoms with van der Waals surface area (Å²) in [5.41, 5.74) is 1.56. The predicted molar refractivity (Wildman–Crippen MR) is 93.3 cm³/mol. The standard InChI is InChI=1S/C18H26N4O4/c1-13-15(14(2)26-19-13)12-16(23)20-8-5-9-22(11-10-20)18(25)17(24)21-6-3-4-7-21/h3-12H2,1-2H3. The van der Waals surface area contributed by atoms with E-state index >= 15 is 0 Å². The number of rotatable bonds is 2. The van der Waals surface area contributed by atoms with Gasteiger partial charge in [-0.05, 0) is 33.1 Å². The van der Waals surface area contributed by atoms with Gasteiger partial charge in [0.2, 0.25) is 5.91 Å². The third-order valence-corrected chi connectivity index (χ3v) is 5.22. The summed E-state index contributed by atoms with van der Waals surface area (Å²) in [6.07, 6.45) is 2.85. The summed E-state index contributed by atoms with van der Waals surface area (Å²) in [4.78, 5) is 42.4. The molecule has 2 aliphatic rings. The van der Waals surface area contributed by atoms with E-state index in [0.29, 0.717) is 51.4 Å². The Bertz CT molecular complexity index is 674. The number of aryl methyl sites for hydroxylation is 2. The van der Waals surface area contributed by atoms with Crippen LogP contribution in [0, 0.1) is 13.8 Å². The van der Waals surface area contributed by atoms with Crippen LogP contribution >= 0.6 is 0 Å². The van der Waals surface area contributed by atoms with E-state index in [1.54, 1.807) is 21.6 Å². The molecule has 0 saturated carbocycles. The molecule has 0 bridgehead atoms. The summed E-state index contributed by atoms with van der Waals surface area (Å²) >= 11 is 0. The Morgan fingerprint density at radius 2 is 1.38 bits per heavy atom. The maximum absolute atomic E-state index is 12.6. The molecule has 2 saturated heterocycles. The quantitative estimate of drug-likeness (QED) is 0.716. The third kappa shape index (κ3) is 3.89. The molecule has 1 aromatic rings. The van der Waals surface area contributed by atoms with E-state index in [9.17, 15) is 14.4 Å². The third-order valence-electron chi connectivity index (χ3n) is 5.22. The van der Waals surface area contributed by atoms with Gasteiger partial charge in [-0.15, -0.1) is 0 Å². The van der Waals surface area contributed by atoms with Crippen LogP contribution in [0.5, 0.6) is 0 Å². The number of hydrogen-bond donors (Lipinski definition) is 0. The molecule has 0 atom stereocenters. The first kappa shape index (κ1) is 18.4. The molecule has 3 heterocycles. The second kappa shape index (κ2) is 7.88. The lowest BCUT2D eigenvalue weighted by molar-refractivity contribution is -0.151. The van der Waals surface area contributed by atoms with Gasteiger partial charge in [0.05, 0.1) is 12.1 Å². The Morgan fingerprint density at radius 3 is 2.00 bits per heavy atom. The van der Waals surface area contributed by atoms with Crippen LogP contribution in [-0.4, -0.2) is 76.8 Å². The lowest BCUT2D eigenvalue weighted by atomic mass is 10.1. The van der Waals surface area contributed by atoms with Crippen LogP contribution in [-0.2, 0) is 20.8 Å². The molecule has 0 spiro atoms. The fourth-order valence-corrected chi connectivity index (χ4v) is 3.58. The van der Waals surface area contributed by atoms with Gasteiger partial charge in [0, 0.05) is 44.8 Å². The van der Waals surface area contributed by atoms with Gasteiger partial charge in [0.25, 0.3) is 0 Å². The first-order valence-corrected chi connectivity index (χ1v) is 9.25. The van der Waals surface area contributed by atoms with Crippen molar-refractivity contribution in [2.75, 3.05) is 39.3 Å². The zero-order valence-corrected chi connectivity index (χ0v) is 15.5. The fourth-order valence-electron chi connectivity index (χ4n) is 3.58. The average Bonchev–Trinajstić information content (AvgIpc) is 3.19. The summed E-state index contributed by atoms with van der Waals surface area (Å²) in [6.45, 7) is 6.90. The van der Waals surface area contributed by atoms with Crippen LogP contribution < -0.4 is 0 Å². The van der Waals surface area contributed by atoms with Crippen molar-refractivity contribution in [2.24, 2.45) is 0 Å². The van der Waals surface area contributed by atoms with Crippen molar-refractivity contribution < 1.29 is 18.9 Å². The Morgan fingerprint density at radius 1 is 0.846 bits per heavy atom. The monoisotopic (exact) mass is 362 g/mol. The maximum atomic E-state index is 12.6. The maximum Gasteiger partial charge on any atom is 0.312 e. The topological polar surface area (TPSA) is 87.0 Å². The minimum Gasteiger partial charge on any atom is -0.361 e. The zero-order valence-electron chi connectivity index (χ0n) is 15.5. The van der Waals surface area contributed by atoms with Crippen LogP contribution in [0.15, 0.2) is 4.52 Å². The molecule has 3 amide bonds. The van der Waals surface area contributed by atoms with Crippen LogP contribution in [0.2, 0.25) is 0 Å². The molecule has 2 aliphatic heterocycles.